The van der Waals surface area contributed by atoms with E-state index in [1.807, 2.05) is 12.1 Å². The van der Waals surface area contributed by atoms with Crippen LogP contribution in [0.2, 0.25) is 0 Å². The third-order valence-corrected chi connectivity index (χ3v) is 4.15. The molecule has 3 aromatic rings. The molecule has 11 nitrogen and oxygen atoms in total. The zero-order valence-electron chi connectivity index (χ0n) is 17.1. The lowest BCUT2D eigenvalue weighted by atomic mass is 10.1. The summed E-state index contributed by atoms with van der Waals surface area (Å²) in [6.07, 6.45) is 1.88. The maximum absolute atomic E-state index is 12.3. The Morgan fingerprint density at radius 1 is 1.20 bits per heavy atom. The molecule has 2 heterocycles. The van der Waals surface area contributed by atoms with E-state index in [0.29, 0.717) is 28.5 Å². The lowest BCUT2D eigenvalue weighted by Crippen LogP contribution is -2.22. The first kappa shape index (κ1) is 20.7. The van der Waals surface area contributed by atoms with Crippen molar-refractivity contribution >= 4 is 29.0 Å². The molecule has 2 amide bonds. The van der Waals surface area contributed by atoms with Crippen LogP contribution < -0.4 is 20.7 Å². The Balaban J connectivity index is 2.05. The SMILES string of the molecule is CCC(=O)Nc1cc(Nc2cccc(-c3ncn(C)n3)c2OC)c(C(=O)NC)nn1. The van der Waals surface area contributed by atoms with E-state index in [9.17, 15) is 9.59 Å². The van der Waals surface area contributed by atoms with Crippen LogP contribution in [0, 0.1) is 0 Å². The van der Waals surface area contributed by atoms with Gasteiger partial charge in [-0.2, -0.15) is 5.10 Å². The van der Waals surface area contributed by atoms with Gasteiger partial charge in [-0.15, -0.1) is 10.2 Å². The zero-order chi connectivity index (χ0) is 21.7. The summed E-state index contributed by atoms with van der Waals surface area (Å²) in [5, 5.41) is 20.5. The number of aryl methyl sites for hydroxylation is 1. The van der Waals surface area contributed by atoms with Gasteiger partial charge in [0, 0.05) is 26.6 Å². The number of hydrogen-bond acceptors (Lipinski definition) is 8. The van der Waals surface area contributed by atoms with E-state index in [4.69, 9.17) is 4.74 Å². The van der Waals surface area contributed by atoms with Gasteiger partial charge in [-0.25, -0.2) is 4.98 Å². The predicted octanol–water partition coefficient (Wildman–Crippen LogP) is 1.73. The number of methoxy groups -OCH3 is 1. The first-order valence-corrected chi connectivity index (χ1v) is 9.16. The summed E-state index contributed by atoms with van der Waals surface area (Å²) in [6, 6.07) is 6.96. The van der Waals surface area contributed by atoms with Crippen LogP contribution in [0.5, 0.6) is 5.75 Å². The van der Waals surface area contributed by atoms with Crippen LogP contribution in [0.1, 0.15) is 23.8 Å². The Labute approximate surface area is 172 Å². The smallest absolute Gasteiger partial charge is 0.273 e. The van der Waals surface area contributed by atoms with E-state index in [-0.39, 0.29) is 23.8 Å². The average Bonchev–Trinajstić information content (AvgIpc) is 3.19. The van der Waals surface area contributed by atoms with Crippen LogP contribution >= 0.6 is 0 Å². The topological polar surface area (TPSA) is 136 Å². The summed E-state index contributed by atoms with van der Waals surface area (Å²) in [5.41, 5.74) is 1.65. The fourth-order valence-corrected chi connectivity index (χ4v) is 2.70. The van der Waals surface area contributed by atoms with Gasteiger partial charge in [0.2, 0.25) is 5.91 Å². The van der Waals surface area contributed by atoms with Crippen molar-refractivity contribution in [2.24, 2.45) is 7.05 Å². The number of nitrogens with one attached hydrogen (secondary N) is 3. The fourth-order valence-electron chi connectivity index (χ4n) is 2.70. The number of anilines is 3. The molecule has 30 heavy (non-hydrogen) atoms. The number of nitrogens with zero attached hydrogens (tertiary/aromatic N) is 5. The molecule has 0 spiro atoms. The summed E-state index contributed by atoms with van der Waals surface area (Å²) in [5.74, 6) is 0.554. The third kappa shape index (κ3) is 4.35. The van der Waals surface area contributed by atoms with E-state index in [2.05, 4.69) is 36.2 Å². The number of rotatable bonds is 7. The van der Waals surface area contributed by atoms with E-state index in [1.54, 1.807) is 31.0 Å². The Hall–Kier alpha value is -4.02. The number of para-hydroxylation sites is 1. The molecule has 156 valence electrons. The van der Waals surface area contributed by atoms with Crippen LogP contribution in [0.15, 0.2) is 30.6 Å². The predicted molar refractivity (Wildman–Crippen MR) is 111 cm³/mol. The van der Waals surface area contributed by atoms with Crippen molar-refractivity contribution in [3.8, 4) is 17.1 Å². The molecule has 0 aliphatic heterocycles. The van der Waals surface area contributed by atoms with Crippen molar-refractivity contribution < 1.29 is 14.3 Å². The summed E-state index contributed by atoms with van der Waals surface area (Å²) in [4.78, 5) is 28.2. The lowest BCUT2D eigenvalue weighted by molar-refractivity contribution is -0.115. The minimum Gasteiger partial charge on any atom is -0.494 e. The van der Waals surface area contributed by atoms with Gasteiger partial charge in [0.15, 0.2) is 23.1 Å². The van der Waals surface area contributed by atoms with Gasteiger partial charge in [-0.1, -0.05) is 13.0 Å². The van der Waals surface area contributed by atoms with E-state index in [1.165, 1.54) is 20.2 Å². The summed E-state index contributed by atoms with van der Waals surface area (Å²) < 4.78 is 7.18. The van der Waals surface area contributed by atoms with Gasteiger partial charge in [-0.05, 0) is 12.1 Å². The largest absolute Gasteiger partial charge is 0.494 e. The van der Waals surface area contributed by atoms with E-state index < -0.39 is 5.91 Å². The number of carbonyl (C=O) groups excluding carboxylic acids is 2. The molecule has 3 rings (SSSR count). The second-order valence-corrected chi connectivity index (χ2v) is 6.23. The first-order chi connectivity index (χ1) is 14.5. The van der Waals surface area contributed by atoms with Crippen LogP contribution in [0.4, 0.5) is 17.2 Å². The summed E-state index contributed by atoms with van der Waals surface area (Å²) in [7, 11) is 4.80. The Morgan fingerprint density at radius 2 is 2.00 bits per heavy atom. The molecular weight excluding hydrogens is 388 g/mol. The van der Waals surface area contributed by atoms with Crippen LogP contribution in [0.25, 0.3) is 11.4 Å². The molecule has 0 atom stereocenters. The number of ether oxygens (including phenoxy) is 1. The molecule has 2 aromatic heterocycles. The molecule has 3 N–H and O–H groups in total. The molecule has 1 aromatic carbocycles. The Morgan fingerprint density at radius 3 is 2.63 bits per heavy atom. The van der Waals surface area contributed by atoms with Crippen molar-refractivity contribution in [2.45, 2.75) is 13.3 Å². The third-order valence-electron chi connectivity index (χ3n) is 4.15. The van der Waals surface area contributed by atoms with Crippen LogP contribution in [-0.2, 0) is 11.8 Å². The highest BCUT2D eigenvalue weighted by molar-refractivity contribution is 5.99. The van der Waals surface area contributed by atoms with Crippen molar-refractivity contribution in [3.63, 3.8) is 0 Å². The molecule has 0 radical (unpaired) electrons. The highest BCUT2D eigenvalue weighted by Crippen LogP contribution is 2.37. The van der Waals surface area contributed by atoms with Crippen LogP contribution in [-0.4, -0.2) is 50.9 Å². The van der Waals surface area contributed by atoms with Crippen molar-refractivity contribution in [1.29, 1.82) is 0 Å². The molecule has 0 aliphatic rings. The maximum Gasteiger partial charge on any atom is 0.273 e. The second-order valence-electron chi connectivity index (χ2n) is 6.23. The monoisotopic (exact) mass is 410 g/mol. The fraction of sp³-hybridized carbons (Fsp3) is 0.263. The number of hydrogen-bond donors (Lipinski definition) is 3. The van der Waals surface area contributed by atoms with Gasteiger partial charge < -0.3 is 20.7 Å². The average molecular weight is 410 g/mol. The Kier molecular flexibility index (Phi) is 6.20. The van der Waals surface area contributed by atoms with Gasteiger partial charge >= 0.3 is 0 Å². The minimum atomic E-state index is -0.431. The highest BCUT2D eigenvalue weighted by atomic mass is 16.5. The molecule has 0 fully saturated rings. The molecule has 0 aliphatic carbocycles. The number of benzene rings is 1. The second kappa shape index (κ2) is 8.99. The number of aromatic nitrogens is 5. The maximum atomic E-state index is 12.3. The van der Waals surface area contributed by atoms with Gasteiger partial charge in [-0.3, -0.25) is 14.3 Å². The van der Waals surface area contributed by atoms with Crippen LogP contribution in [0.3, 0.4) is 0 Å². The van der Waals surface area contributed by atoms with E-state index in [0.717, 1.165) is 0 Å². The van der Waals surface area contributed by atoms with E-state index >= 15 is 0 Å². The first-order valence-electron chi connectivity index (χ1n) is 9.16. The van der Waals surface area contributed by atoms with Crippen molar-refractivity contribution in [3.05, 3.63) is 36.3 Å². The molecule has 0 saturated heterocycles. The quantitative estimate of drug-likeness (QED) is 0.536. The van der Waals surface area contributed by atoms with Gasteiger partial charge in [0.1, 0.15) is 6.33 Å². The van der Waals surface area contributed by atoms with Gasteiger partial charge in [0.25, 0.3) is 5.91 Å². The normalized spacial score (nSPS) is 10.4. The molecule has 0 bridgehead atoms. The number of carbonyl (C=O) groups is 2. The lowest BCUT2D eigenvalue weighted by Gasteiger charge is -2.16. The minimum absolute atomic E-state index is 0.0652. The highest BCUT2D eigenvalue weighted by Gasteiger charge is 2.19. The summed E-state index contributed by atoms with van der Waals surface area (Å²) in [6.45, 7) is 1.73. The zero-order valence-corrected chi connectivity index (χ0v) is 17.1. The van der Waals surface area contributed by atoms with Gasteiger partial charge in [0.05, 0.1) is 24.0 Å². The standard InChI is InChI=1S/C19H22N8O3/c1-5-15(28)23-14-9-13(16(25-24-14)19(29)20-2)22-12-8-6-7-11(17(12)30-4)18-21-10-27(3)26-18/h6-10H,5H2,1-4H3,(H,20,29)(H2,22,23,24,28). The molecule has 11 heteroatoms. The molecule has 0 saturated carbocycles. The molecule has 0 unspecified atom stereocenters. The van der Waals surface area contributed by atoms with Crippen molar-refractivity contribution in [1.82, 2.24) is 30.3 Å². The Bertz CT molecular complexity index is 1080. The molecular formula is C19H22N8O3. The number of amides is 2. The summed E-state index contributed by atoms with van der Waals surface area (Å²) >= 11 is 0. The van der Waals surface area contributed by atoms with Crippen molar-refractivity contribution in [2.75, 3.05) is 24.8 Å².